The Bertz CT molecular complexity index is 807. The summed E-state index contributed by atoms with van der Waals surface area (Å²) in [7, 11) is 1.90. The number of likely N-dealkylation sites (N-methyl/N-ethyl adjacent to an activating group) is 1. The fraction of sp³-hybridized carbons (Fsp3) is 0.667. The van der Waals surface area contributed by atoms with Crippen molar-refractivity contribution in [3.05, 3.63) is 40.9 Å². The molecule has 4 N–H and O–H groups in total. The van der Waals surface area contributed by atoms with Crippen molar-refractivity contribution in [3.8, 4) is 5.75 Å². The van der Waals surface area contributed by atoms with Crippen LogP contribution in [0.5, 0.6) is 5.75 Å². The number of hydrogen-bond acceptors (Lipinski definition) is 5. The molecule has 1 fully saturated rings. The number of urea groups is 1. The summed E-state index contributed by atoms with van der Waals surface area (Å²) in [4.78, 5) is 15.1. The van der Waals surface area contributed by atoms with Gasteiger partial charge in [-0.3, -0.25) is 0 Å². The number of halogens is 1. The molecule has 0 aromatic heterocycles. The Balaban J connectivity index is 2.30. The molecule has 0 radical (unpaired) electrons. The van der Waals surface area contributed by atoms with Gasteiger partial charge in [-0.1, -0.05) is 38.6 Å². The zero-order valence-electron chi connectivity index (χ0n) is 21.6. The van der Waals surface area contributed by atoms with Crippen molar-refractivity contribution in [2.45, 2.75) is 64.0 Å². The smallest absolute Gasteiger partial charge is 0.317 e. The van der Waals surface area contributed by atoms with Gasteiger partial charge in [0.25, 0.3) is 0 Å². The van der Waals surface area contributed by atoms with Gasteiger partial charge in [-0.2, -0.15) is 0 Å². The molecule has 1 aromatic carbocycles. The van der Waals surface area contributed by atoms with Gasteiger partial charge < -0.3 is 30.5 Å². The number of ether oxygens (including phenoxy) is 1. The second kappa shape index (κ2) is 14.8. The lowest BCUT2D eigenvalue weighted by Gasteiger charge is -2.43. The molecule has 0 saturated carbocycles. The summed E-state index contributed by atoms with van der Waals surface area (Å²) >= 11 is 3.58. The van der Waals surface area contributed by atoms with Crippen molar-refractivity contribution in [2.24, 2.45) is 11.8 Å². The summed E-state index contributed by atoms with van der Waals surface area (Å²) in [5, 5.41) is 28.0. The number of amides is 2. The van der Waals surface area contributed by atoms with Crippen LogP contribution in [0.2, 0.25) is 0 Å². The van der Waals surface area contributed by atoms with E-state index in [1.54, 1.807) is 6.08 Å². The van der Waals surface area contributed by atoms with Crippen LogP contribution < -0.4 is 15.4 Å². The molecule has 8 heteroatoms. The summed E-state index contributed by atoms with van der Waals surface area (Å²) in [6.45, 7) is 10.3. The number of carbonyl (C=O) groups excluding carboxylic acids is 1. The molecule has 1 heterocycles. The number of hydrogen-bond donors (Lipinski definition) is 4. The van der Waals surface area contributed by atoms with Gasteiger partial charge in [0.15, 0.2) is 0 Å². The third kappa shape index (κ3) is 8.48. The van der Waals surface area contributed by atoms with Crippen molar-refractivity contribution in [2.75, 3.05) is 39.9 Å². The summed E-state index contributed by atoms with van der Waals surface area (Å²) in [6, 6.07) is 5.68. The Hall–Kier alpha value is -1.61. The van der Waals surface area contributed by atoms with Crippen LogP contribution >= 0.6 is 15.9 Å². The first-order valence-corrected chi connectivity index (χ1v) is 13.6. The molecule has 1 saturated heterocycles. The van der Waals surface area contributed by atoms with Gasteiger partial charge in [0.05, 0.1) is 10.1 Å². The van der Waals surface area contributed by atoms with Crippen LogP contribution in [0.3, 0.4) is 0 Å². The van der Waals surface area contributed by atoms with Crippen molar-refractivity contribution >= 4 is 22.0 Å². The highest BCUT2D eigenvalue weighted by molar-refractivity contribution is 9.10. The molecule has 0 unspecified atom stereocenters. The van der Waals surface area contributed by atoms with Crippen LogP contribution in [-0.2, 0) is 5.60 Å². The van der Waals surface area contributed by atoms with E-state index < -0.39 is 5.60 Å². The highest BCUT2D eigenvalue weighted by atomic mass is 79.9. The molecule has 1 aromatic rings. The van der Waals surface area contributed by atoms with Crippen LogP contribution in [0.4, 0.5) is 4.79 Å². The topological polar surface area (TPSA) is 94.1 Å². The quantitative estimate of drug-likeness (QED) is 0.202. The van der Waals surface area contributed by atoms with Crippen LogP contribution in [0.25, 0.3) is 0 Å². The van der Waals surface area contributed by atoms with Gasteiger partial charge in [-0.25, -0.2) is 4.79 Å². The van der Waals surface area contributed by atoms with Gasteiger partial charge in [-0.05, 0) is 73.5 Å². The highest BCUT2D eigenvalue weighted by Crippen LogP contribution is 2.45. The number of aliphatic hydroxyl groups is 2. The molecule has 198 valence electrons. The molecule has 1 aliphatic rings. The summed E-state index contributed by atoms with van der Waals surface area (Å²) in [6.07, 6.45) is 5.95. The van der Waals surface area contributed by atoms with Crippen molar-refractivity contribution in [1.82, 2.24) is 15.5 Å². The van der Waals surface area contributed by atoms with Crippen molar-refractivity contribution < 1.29 is 19.7 Å². The zero-order valence-corrected chi connectivity index (χ0v) is 23.1. The first-order chi connectivity index (χ1) is 16.8. The molecule has 0 spiro atoms. The molecule has 35 heavy (non-hydrogen) atoms. The third-order valence-electron chi connectivity index (χ3n) is 6.66. The van der Waals surface area contributed by atoms with Gasteiger partial charge >= 0.3 is 6.03 Å². The maximum atomic E-state index is 13.2. The molecule has 2 rings (SSSR count). The number of nitrogens with one attached hydrogen (secondary N) is 2. The number of likely N-dealkylation sites (tertiary alicyclic amines) is 1. The fourth-order valence-corrected chi connectivity index (χ4v) is 5.51. The van der Waals surface area contributed by atoms with E-state index in [-0.39, 0.29) is 24.6 Å². The minimum absolute atomic E-state index is 0.0558. The molecule has 2 amide bonds. The lowest BCUT2D eigenvalue weighted by atomic mass is 9.73. The van der Waals surface area contributed by atoms with Gasteiger partial charge in [-0.15, -0.1) is 0 Å². The molecule has 0 bridgehead atoms. The third-order valence-corrected chi connectivity index (χ3v) is 7.29. The number of carbonyl (C=O) groups is 1. The number of unbranched alkanes of at least 4 members (excludes halogenated alkanes) is 1. The standard InChI is InChI=1S/C27H44BrN3O4/c1-5-16-35-25-23(11-8-12-24(25)28)27(34,13-6-7-15-32)21-10-9-14-31(19-21)26(33)30-22(18-29-4)17-20(2)3/h5,8,11-12,20-22,29,32,34H,1,6-7,9-10,13-19H2,2-4H3,(H,30,33)/t21-,22+,27+/m1/s1. The van der Waals surface area contributed by atoms with Crippen LogP contribution in [0.15, 0.2) is 35.3 Å². The molecular formula is C27H44BrN3O4. The summed E-state index contributed by atoms with van der Waals surface area (Å²) in [5.74, 6) is 0.922. The monoisotopic (exact) mass is 553 g/mol. The van der Waals surface area contributed by atoms with E-state index in [0.717, 1.165) is 23.7 Å². The normalized spacial score (nSPS) is 18.7. The van der Waals surface area contributed by atoms with Crippen molar-refractivity contribution in [1.29, 1.82) is 0 Å². The van der Waals surface area contributed by atoms with Gasteiger partial charge in [0.1, 0.15) is 12.4 Å². The molecule has 0 aliphatic carbocycles. The number of aliphatic hydroxyl groups excluding tert-OH is 1. The first-order valence-electron chi connectivity index (χ1n) is 12.8. The maximum Gasteiger partial charge on any atom is 0.317 e. The van der Waals surface area contributed by atoms with E-state index in [4.69, 9.17) is 4.74 Å². The number of rotatable bonds is 14. The van der Waals surface area contributed by atoms with E-state index >= 15 is 0 Å². The van der Waals surface area contributed by atoms with Crippen molar-refractivity contribution in [3.63, 3.8) is 0 Å². The minimum Gasteiger partial charge on any atom is -0.488 e. The molecule has 3 atom stereocenters. The Morgan fingerprint density at radius 1 is 1.40 bits per heavy atom. The minimum atomic E-state index is -1.20. The molecule has 1 aliphatic heterocycles. The number of para-hydroxylation sites is 1. The maximum absolute atomic E-state index is 13.2. The predicted octanol–water partition coefficient (Wildman–Crippen LogP) is 4.42. The largest absolute Gasteiger partial charge is 0.488 e. The van der Waals surface area contributed by atoms with Crippen LogP contribution in [0, 0.1) is 11.8 Å². The summed E-state index contributed by atoms with van der Waals surface area (Å²) < 4.78 is 6.75. The Morgan fingerprint density at radius 2 is 2.17 bits per heavy atom. The van der Waals surface area contributed by atoms with Gasteiger partial charge in [0, 0.05) is 43.8 Å². The second-order valence-electron chi connectivity index (χ2n) is 9.94. The lowest BCUT2D eigenvalue weighted by Crippen LogP contribution is -2.54. The zero-order chi connectivity index (χ0) is 25.8. The second-order valence-corrected chi connectivity index (χ2v) is 10.8. The number of nitrogens with zero attached hydrogens (tertiary/aromatic N) is 1. The number of piperidine rings is 1. The Labute approximate surface area is 219 Å². The van der Waals surface area contributed by atoms with Gasteiger partial charge in [0.2, 0.25) is 0 Å². The van der Waals surface area contributed by atoms with Crippen LogP contribution in [-0.4, -0.2) is 67.1 Å². The Kier molecular flexibility index (Phi) is 12.6. The first kappa shape index (κ1) is 29.6. The molecule has 7 nitrogen and oxygen atoms in total. The van der Waals surface area contributed by atoms with E-state index in [9.17, 15) is 15.0 Å². The lowest BCUT2D eigenvalue weighted by molar-refractivity contribution is -0.0577. The highest BCUT2D eigenvalue weighted by Gasteiger charge is 2.43. The number of benzene rings is 1. The SMILES string of the molecule is C=CCOc1c(Br)cccc1[C@](O)(CCCCO)[C@@H]1CCCN(C(=O)N[C@H](CNC)CC(C)C)C1. The van der Waals surface area contributed by atoms with Crippen LogP contribution in [0.1, 0.15) is 57.9 Å². The fourth-order valence-electron chi connectivity index (χ4n) is 5.03. The Morgan fingerprint density at radius 3 is 2.83 bits per heavy atom. The molecular weight excluding hydrogens is 510 g/mol. The summed E-state index contributed by atoms with van der Waals surface area (Å²) in [5.41, 5.74) is -0.483. The van der Waals surface area contributed by atoms with E-state index in [0.29, 0.717) is 62.7 Å². The van der Waals surface area contributed by atoms with E-state index in [2.05, 4.69) is 47.0 Å². The predicted molar refractivity (Wildman–Crippen MR) is 145 cm³/mol. The average Bonchev–Trinajstić information content (AvgIpc) is 2.83. The van der Waals surface area contributed by atoms with E-state index in [1.165, 1.54) is 0 Å². The average molecular weight is 555 g/mol. The van der Waals surface area contributed by atoms with E-state index in [1.807, 2.05) is 30.1 Å².